The summed E-state index contributed by atoms with van der Waals surface area (Å²) in [4.78, 5) is 8.56. The number of rotatable bonds is 0. The maximum absolute atomic E-state index is 8.74. The Kier molecular flexibility index (Phi) is 36.9. The standard InChI is InChI=1S/CH2O3.2Mg.Na.H2O4S.5H/c2-1(3)4;;;;1-5(2,3)4;;;;;/h(H2,2,3,4);;;;(H2,1,2,3,4);;;;;/q;2*+2;+1;;5*-1. The normalized spacial score (nSPS) is 6.83. The van der Waals surface area contributed by atoms with Gasteiger partial charge >= 0.3 is 92.2 Å². The minimum absolute atomic E-state index is 0. The second-order valence-electron chi connectivity index (χ2n) is 0.730. The summed E-state index contributed by atoms with van der Waals surface area (Å²) in [5, 5.41) is 13.9. The third-order valence-corrected chi connectivity index (χ3v) is 0. The second-order valence-corrected chi connectivity index (χ2v) is 1.63. The van der Waals surface area contributed by atoms with Gasteiger partial charge in [-0.05, 0) is 0 Å². The maximum Gasteiger partial charge on any atom is 2.00 e. The van der Waals surface area contributed by atoms with Crippen LogP contribution in [0.5, 0.6) is 0 Å². The molecule has 0 saturated carbocycles. The molecule has 7 nitrogen and oxygen atoms in total. The summed E-state index contributed by atoms with van der Waals surface area (Å²) in [6.07, 6.45) is -1.83. The minimum atomic E-state index is -4.67. The molecule has 12 heavy (non-hydrogen) atoms. The first-order chi connectivity index (χ1) is 3.73. The van der Waals surface area contributed by atoms with Gasteiger partial charge in [-0.3, -0.25) is 9.11 Å². The minimum Gasteiger partial charge on any atom is -1.00 e. The van der Waals surface area contributed by atoms with Crippen molar-refractivity contribution in [2.75, 3.05) is 0 Å². The molecule has 0 aliphatic heterocycles. The Labute approximate surface area is 131 Å². The molecular weight excluding hydrogens is 228 g/mol. The fourth-order valence-electron chi connectivity index (χ4n) is 0. The van der Waals surface area contributed by atoms with Crippen molar-refractivity contribution < 1.29 is 69.2 Å². The van der Waals surface area contributed by atoms with Crippen molar-refractivity contribution in [2.24, 2.45) is 0 Å². The maximum atomic E-state index is 8.74. The van der Waals surface area contributed by atoms with E-state index >= 15 is 0 Å². The molecule has 0 aliphatic rings. The molecular formula is CH9Mg2NaO7S. The van der Waals surface area contributed by atoms with E-state index in [0.29, 0.717) is 0 Å². The van der Waals surface area contributed by atoms with Crippen LogP contribution in [0.15, 0.2) is 0 Å². The van der Waals surface area contributed by atoms with Crippen molar-refractivity contribution in [1.82, 2.24) is 0 Å². The molecule has 0 radical (unpaired) electrons. The molecule has 0 aliphatic carbocycles. The van der Waals surface area contributed by atoms with Gasteiger partial charge in [0.05, 0.1) is 0 Å². The summed E-state index contributed by atoms with van der Waals surface area (Å²) in [7, 11) is -4.67. The van der Waals surface area contributed by atoms with Crippen molar-refractivity contribution >= 4 is 62.7 Å². The molecule has 66 valence electrons. The van der Waals surface area contributed by atoms with Gasteiger partial charge in [-0.1, -0.05) is 0 Å². The van der Waals surface area contributed by atoms with Crippen LogP contribution in [0.3, 0.4) is 0 Å². The molecule has 0 aromatic rings. The first-order valence-corrected chi connectivity index (χ1v) is 2.75. The quantitative estimate of drug-likeness (QED) is 0.252. The Balaban J connectivity index is -0.00000000494. The third-order valence-electron chi connectivity index (χ3n) is 0. The molecule has 0 rings (SSSR count). The van der Waals surface area contributed by atoms with Gasteiger partial charge in [0, 0.05) is 0 Å². The Morgan fingerprint density at radius 3 is 1.08 bits per heavy atom. The van der Waals surface area contributed by atoms with E-state index in [1.165, 1.54) is 0 Å². The first kappa shape index (κ1) is 29.2. The molecule has 11 heteroatoms. The average molecular weight is 237 g/mol. The molecule has 0 saturated heterocycles. The molecule has 0 amide bonds. The third kappa shape index (κ3) is 475. The number of hydrogen-bond donors (Lipinski definition) is 4. The predicted molar refractivity (Wildman–Crippen MR) is 41.9 cm³/mol. The summed E-state index contributed by atoms with van der Waals surface area (Å²) >= 11 is 0. The molecule has 0 unspecified atom stereocenters. The molecule has 0 heterocycles. The monoisotopic (exact) mass is 236 g/mol. The van der Waals surface area contributed by atoms with Crippen molar-refractivity contribution in [3.8, 4) is 0 Å². The number of carboxylic acid groups (broad SMARTS) is 2. The second kappa shape index (κ2) is 15.2. The molecule has 4 N–H and O–H groups in total. The SMILES string of the molecule is O=C(O)O.O=S(=O)(O)O.[H-].[H-].[H-].[H-].[H-].[Mg+2].[Mg+2].[Na+]. The zero-order chi connectivity index (χ0) is 8.08. The van der Waals surface area contributed by atoms with Gasteiger partial charge in [-0.15, -0.1) is 0 Å². The number of carbonyl (C=O) groups is 1. The smallest absolute Gasteiger partial charge is 1.00 e. The summed E-state index contributed by atoms with van der Waals surface area (Å²) < 4.78 is 31.6. The van der Waals surface area contributed by atoms with E-state index < -0.39 is 16.6 Å². The van der Waals surface area contributed by atoms with Crippen molar-refractivity contribution in [1.29, 1.82) is 0 Å². The Hall–Kier alpha value is 1.67. The van der Waals surface area contributed by atoms with E-state index in [2.05, 4.69) is 0 Å². The van der Waals surface area contributed by atoms with Crippen molar-refractivity contribution in [3.63, 3.8) is 0 Å². The van der Waals surface area contributed by atoms with Gasteiger partial charge in [0.1, 0.15) is 0 Å². The Bertz CT molecular complexity index is 179. The van der Waals surface area contributed by atoms with Gasteiger partial charge in [0.2, 0.25) is 0 Å². The van der Waals surface area contributed by atoms with Crippen LogP contribution in [-0.4, -0.2) is 80.0 Å². The first-order valence-electron chi connectivity index (χ1n) is 1.35. The predicted octanol–water partition coefficient (Wildman–Crippen LogP) is -3.63. The van der Waals surface area contributed by atoms with E-state index in [1.807, 2.05) is 0 Å². The van der Waals surface area contributed by atoms with Crippen LogP contribution in [-0.2, 0) is 10.4 Å². The van der Waals surface area contributed by atoms with Crippen LogP contribution in [0.25, 0.3) is 0 Å². The zero-order valence-corrected chi connectivity index (χ0v) is 12.0. The molecule has 0 bridgehead atoms. The van der Waals surface area contributed by atoms with E-state index in [-0.39, 0.29) is 82.8 Å². The molecule has 0 aromatic heterocycles. The van der Waals surface area contributed by atoms with Gasteiger partial charge in [-0.25, -0.2) is 4.79 Å². The molecule has 0 spiro atoms. The summed E-state index contributed by atoms with van der Waals surface area (Å²) in [5.74, 6) is 0. The van der Waals surface area contributed by atoms with Gasteiger partial charge in [-0.2, -0.15) is 8.42 Å². The molecule has 0 atom stereocenters. The van der Waals surface area contributed by atoms with Crippen molar-refractivity contribution in [3.05, 3.63) is 0 Å². The van der Waals surface area contributed by atoms with Crippen LogP contribution < -0.4 is 29.6 Å². The fraction of sp³-hybridized carbons (Fsp3) is 0. The Morgan fingerprint density at radius 1 is 1.08 bits per heavy atom. The van der Waals surface area contributed by atoms with E-state index in [9.17, 15) is 0 Å². The summed E-state index contributed by atoms with van der Waals surface area (Å²) in [6.45, 7) is 0. The van der Waals surface area contributed by atoms with Crippen LogP contribution in [0.4, 0.5) is 4.79 Å². The average Bonchev–Trinajstić information content (AvgIpc) is 1.19. The Morgan fingerprint density at radius 2 is 1.08 bits per heavy atom. The summed E-state index contributed by atoms with van der Waals surface area (Å²) in [6, 6.07) is 0. The zero-order valence-electron chi connectivity index (χ0n) is 11.3. The number of hydrogen-bond acceptors (Lipinski definition) is 3. The van der Waals surface area contributed by atoms with Gasteiger partial charge in [0.25, 0.3) is 0 Å². The van der Waals surface area contributed by atoms with Crippen LogP contribution >= 0.6 is 0 Å². The van der Waals surface area contributed by atoms with E-state index in [0.717, 1.165) is 0 Å². The van der Waals surface area contributed by atoms with Crippen LogP contribution in [0.2, 0.25) is 0 Å². The van der Waals surface area contributed by atoms with Crippen LogP contribution in [0.1, 0.15) is 7.13 Å². The molecule has 0 fully saturated rings. The fourth-order valence-corrected chi connectivity index (χ4v) is 0. The largest absolute Gasteiger partial charge is 2.00 e. The van der Waals surface area contributed by atoms with Gasteiger partial charge < -0.3 is 17.3 Å². The van der Waals surface area contributed by atoms with Crippen molar-refractivity contribution in [2.45, 2.75) is 0 Å². The summed E-state index contributed by atoms with van der Waals surface area (Å²) in [5.41, 5.74) is 0. The van der Waals surface area contributed by atoms with E-state index in [4.69, 9.17) is 32.5 Å². The van der Waals surface area contributed by atoms with Gasteiger partial charge in [0.15, 0.2) is 0 Å². The topological polar surface area (TPSA) is 132 Å². The van der Waals surface area contributed by atoms with E-state index in [1.54, 1.807) is 0 Å². The van der Waals surface area contributed by atoms with Crippen LogP contribution in [0, 0.1) is 0 Å². The molecule has 0 aromatic carbocycles.